The predicted molar refractivity (Wildman–Crippen MR) is 70.0 cm³/mol. The fourth-order valence-corrected chi connectivity index (χ4v) is 1.31. The summed E-state index contributed by atoms with van der Waals surface area (Å²) in [6.07, 6.45) is 1.13. The predicted octanol–water partition coefficient (Wildman–Crippen LogP) is 2.29. The first kappa shape index (κ1) is 14.9. The molecular weight excluding hydrogens is 250 g/mol. The van der Waals surface area contributed by atoms with Gasteiger partial charge in [-0.3, -0.25) is 14.9 Å². The second-order valence-corrected chi connectivity index (χ2v) is 5.34. The SMILES string of the molecule is CC(C)(Nc1ccc([N+](=O)[O-])cn1)C(C)(C)C(=O)O. The third-order valence-corrected chi connectivity index (χ3v) is 3.50. The number of nitrogens with one attached hydrogen (secondary N) is 1. The Morgan fingerprint density at radius 3 is 2.32 bits per heavy atom. The largest absolute Gasteiger partial charge is 0.481 e. The van der Waals surface area contributed by atoms with E-state index in [-0.39, 0.29) is 5.69 Å². The molecule has 2 N–H and O–H groups in total. The number of anilines is 1. The number of nitro groups is 1. The third kappa shape index (κ3) is 2.98. The fourth-order valence-electron chi connectivity index (χ4n) is 1.31. The highest BCUT2D eigenvalue weighted by Gasteiger charge is 2.43. The number of aliphatic carboxylic acids is 1. The molecule has 1 rings (SSSR count). The van der Waals surface area contributed by atoms with E-state index in [1.54, 1.807) is 27.7 Å². The van der Waals surface area contributed by atoms with E-state index >= 15 is 0 Å². The molecule has 0 atom stereocenters. The smallest absolute Gasteiger partial charge is 0.311 e. The molecule has 0 spiro atoms. The van der Waals surface area contributed by atoms with Crippen LogP contribution in [0, 0.1) is 15.5 Å². The molecule has 0 aliphatic carbocycles. The fraction of sp³-hybridized carbons (Fsp3) is 0.500. The Kier molecular flexibility index (Phi) is 3.78. The highest BCUT2D eigenvalue weighted by Crippen LogP contribution is 2.33. The van der Waals surface area contributed by atoms with Crippen LogP contribution < -0.4 is 5.32 Å². The van der Waals surface area contributed by atoms with Gasteiger partial charge in [-0.1, -0.05) is 0 Å². The third-order valence-electron chi connectivity index (χ3n) is 3.50. The zero-order valence-corrected chi connectivity index (χ0v) is 11.3. The molecule has 1 heterocycles. The highest BCUT2D eigenvalue weighted by molar-refractivity contribution is 5.76. The molecule has 0 unspecified atom stereocenters. The topological polar surface area (TPSA) is 105 Å². The van der Waals surface area contributed by atoms with Crippen molar-refractivity contribution in [1.29, 1.82) is 0 Å². The molecule has 0 fully saturated rings. The van der Waals surface area contributed by atoms with Crippen LogP contribution in [-0.4, -0.2) is 26.5 Å². The molecule has 0 amide bonds. The second-order valence-electron chi connectivity index (χ2n) is 5.34. The highest BCUT2D eigenvalue weighted by atomic mass is 16.6. The number of carboxylic acid groups (broad SMARTS) is 1. The van der Waals surface area contributed by atoms with Crippen LogP contribution in [0.15, 0.2) is 18.3 Å². The van der Waals surface area contributed by atoms with Gasteiger partial charge in [-0.2, -0.15) is 0 Å². The Labute approximate surface area is 110 Å². The van der Waals surface area contributed by atoms with Gasteiger partial charge in [-0.25, -0.2) is 4.98 Å². The number of pyridine rings is 1. The van der Waals surface area contributed by atoms with Crippen LogP contribution in [0.1, 0.15) is 27.7 Å². The van der Waals surface area contributed by atoms with E-state index < -0.39 is 21.8 Å². The van der Waals surface area contributed by atoms with Crippen molar-refractivity contribution in [3.05, 3.63) is 28.4 Å². The Hall–Kier alpha value is -2.18. The minimum atomic E-state index is -1.03. The average Bonchev–Trinajstić information content (AvgIpc) is 2.28. The number of carboxylic acids is 1. The van der Waals surface area contributed by atoms with E-state index in [2.05, 4.69) is 10.3 Å². The van der Waals surface area contributed by atoms with Crippen LogP contribution in [0.5, 0.6) is 0 Å². The monoisotopic (exact) mass is 267 g/mol. The van der Waals surface area contributed by atoms with E-state index in [9.17, 15) is 20.0 Å². The van der Waals surface area contributed by atoms with E-state index in [0.29, 0.717) is 5.82 Å². The first-order chi connectivity index (χ1) is 8.58. The molecule has 0 bridgehead atoms. The summed E-state index contributed by atoms with van der Waals surface area (Å²) in [5.41, 5.74) is -1.92. The van der Waals surface area contributed by atoms with Crippen molar-refractivity contribution in [3.63, 3.8) is 0 Å². The molecular formula is C12H17N3O4. The van der Waals surface area contributed by atoms with E-state index in [1.807, 2.05) is 0 Å². The lowest BCUT2D eigenvalue weighted by molar-refractivity contribution is -0.385. The molecule has 19 heavy (non-hydrogen) atoms. The quantitative estimate of drug-likeness (QED) is 0.626. The molecule has 0 aromatic carbocycles. The zero-order chi connectivity index (χ0) is 14.8. The summed E-state index contributed by atoms with van der Waals surface area (Å²) < 4.78 is 0. The van der Waals surface area contributed by atoms with Crippen molar-refractivity contribution < 1.29 is 14.8 Å². The van der Waals surface area contributed by atoms with Gasteiger partial charge in [-0.15, -0.1) is 0 Å². The zero-order valence-electron chi connectivity index (χ0n) is 11.3. The van der Waals surface area contributed by atoms with Gasteiger partial charge in [0, 0.05) is 11.6 Å². The summed E-state index contributed by atoms with van der Waals surface area (Å²) in [6, 6.07) is 2.77. The molecule has 7 heteroatoms. The Morgan fingerprint density at radius 2 is 1.95 bits per heavy atom. The van der Waals surface area contributed by atoms with Crippen LogP contribution in [0.25, 0.3) is 0 Å². The lowest BCUT2D eigenvalue weighted by Gasteiger charge is -2.39. The number of aromatic nitrogens is 1. The maximum Gasteiger partial charge on any atom is 0.311 e. The number of carbonyl (C=O) groups is 1. The Balaban J connectivity index is 2.95. The van der Waals surface area contributed by atoms with Gasteiger partial charge in [0.05, 0.1) is 10.3 Å². The molecule has 1 aromatic rings. The standard InChI is InChI=1S/C12H17N3O4/c1-11(2,10(16)17)12(3,4)14-9-6-5-8(7-13-9)15(18)19/h5-7H,1-4H3,(H,13,14)(H,16,17). The van der Waals surface area contributed by atoms with Crippen LogP contribution in [0.4, 0.5) is 11.5 Å². The molecule has 0 saturated heterocycles. The first-order valence-corrected chi connectivity index (χ1v) is 5.70. The molecule has 0 aliphatic rings. The van der Waals surface area contributed by atoms with Crippen LogP contribution in [0.2, 0.25) is 0 Å². The summed E-state index contributed by atoms with van der Waals surface area (Å²) in [6.45, 7) is 6.69. The van der Waals surface area contributed by atoms with Crippen LogP contribution >= 0.6 is 0 Å². The average molecular weight is 267 g/mol. The van der Waals surface area contributed by atoms with Gasteiger partial charge in [0.2, 0.25) is 0 Å². The van der Waals surface area contributed by atoms with Gasteiger partial charge in [-0.05, 0) is 33.8 Å². The summed E-state index contributed by atoms with van der Waals surface area (Å²) in [4.78, 5) is 25.1. The van der Waals surface area contributed by atoms with E-state index in [1.165, 1.54) is 12.1 Å². The van der Waals surface area contributed by atoms with E-state index in [0.717, 1.165) is 6.20 Å². The second kappa shape index (κ2) is 4.83. The van der Waals surface area contributed by atoms with Crippen molar-refractivity contribution in [2.75, 3.05) is 5.32 Å². The maximum absolute atomic E-state index is 11.3. The number of hydrogen-bond acceptors (Lipinski definition) is 5. The van der Waals surface area contributed by atoms with Crippen LogP contribution in [0.3, 0.4) is 0 Å². The van der Waals surface area contributed by atoms with E-state index in [4.69, 9.17) is 0 Å². The van der Waals surface area contributed by atoms with Gasteiger partial charge in [0.15, 0.2) is 0 Å². The normalized spacial score (nSPS) is 12.0. The van der Waals surface area contributed by atoms with Crippen molar-refractivity contribution in [2.24, 2.45) is 5.41 Å². The molecule has 0 radical (unpaired) electrons. The van der Waals surface area contributed by atoms with Crippen molar-refractivity contribution in [2.45, 2.75) is 33.2 Å². The summed E-state index contributed by atoms with van der Waals surface area (Å²) in [7, 11) is 0. The molecule has 1 aromatic heterocycles. The summed E-state index contributed by atoms with van der Waals surface area (Å²) in [5, 5.41) is 22.7. The van der Waals surface area contributed by atoms with Gasteiger partial charge < -0.3 is 10.4 Å². The first-order valence-electron chi connectivity index (χ1n) is 5.70. The number of rotatable bonds is 5. The Morgan fingerprint density at radius 1 is 1.37 bits per heavy atom. The van der Waals surface area contributed by atoms with Gasteiger partial charge in [0.25, 0.3) is 5.69 Å². The summed E-state index contributed by atoms with van der Waals surface area (Å²) in [5.74, 6) is -0.545. The van der Waals surface area contributed by atoms with Crippen molar-refractivity contribution in [3.8, 4) is 0 Å². The minimum absolute atomic E-state index is 0.110. The van der Waals surface area contributed by atoms with Gasteiger partial charge >= 0.3 is 5.97 Å². The Bertz CT molecular complexity index is 494. The van der Waals surface area contributed by atoms with Crippen molar-refractivity contribution >= 4 is 17.5 Å². The number of nitrogens with zero attached hydrogens (tertiary/aromatic N) is 2. The number of hydrogen-bond donors (Lipinski definition) is 2. The summed E-state index contributed by atoms with van der Waals surface area (Å²) >= 11 is 0. The molecule has 0 saturated carbocycles. The maximum atomic E-state index is 11.3. The molecule has 7 nitrogen and oxygen atoms in total. The minimum Gasteiger partial charge on any atom is -0.481 e. The molecule has 0 aliphatic heterocycles. The van der Waals surface area contributed by atoms with Crippen LogP contribution in [-0.2, 0) is 4.79 Å². The van der Waals surface area contributed by atoms with Crippen molar-refractivity contribution in [1.82, 2.24) is 4.98 Å². The lowest BCUT2D eigenvalue weighted by Crippen LogP contribution is -2.50. The van der Waals surface area contributed by atoms with Gasteiger partial charge in [0.1, 0.15) is 12.0 Å². The molecule has 104 valence electrons. The lowest BCUT2D eigenvalue weighted by atomic mass is 9.74.